The van der Waals surface area contributed by atoms with Crippen molar-refractivity contribution >= 4 is 0 Å². The maximum atomic E-state index is 5.54. The normalized spacial score (nSPS) is 27.3. The van der Waals surface area contributed by atoms with Crippen LogP contribution in [0.5, 0.6) is 0 Å². The van der Waals surface area contributed by atoms with Gasteiger partial charge < -0.3 is 10.1 Å². The van der Waals surface area contributed by atoms with Gasteiger partial charge in [-0.3, -0.25) is 4.90 Å². The fraction of sp³-hybridized carbons (Fsp3) is 1.00. The molecule has 0 heterocycles. The molecule has 1 saturated carbocycles. The first-order valence-electron chi connectivity index (χ1n) is 8.91. The van der Waals surface area contributed by atoms with Gasteiger partial charge in [-0.15, -0.1) is 0 Å². The van der Waals surface area contributed by atoms with Crippen molar-refractivity contribution < 1.29 is 4.74 Å². The SMILES string of the molecule is CCCNC1CCC(C(C)(C)C)CC1N(C)CCOCC. The van der Waals surface area contributed by atoms with Crippen molar-refractivity contribution in [3.63, 3.8) is 0 Å². The molecule has 0 aromatic heterocycles. The lowest BCUT2D eigenvalue weighted by Crippen LogP contribution is -2.54. The Balaban J connectivity index is 2.63. The van der Waals surface area contributed by atoms with Crippen molar-refractivity contribution in [2.45, 2.75) is 72.4 Å². The molecular weight excluding hydrogens is 260 g/mol. The molecule has 1 aliphatic rings. The van der Waals surface area contributed by atoms with Gasteiger partial charge in [0, 0.05) is 25.2 Å². The number of ether oxygens (including phenoxy) is 1. The zero-order valence-corrected chi connectivity index (χ0v) is 15.2. The van der Waals surface area contributed by atoms with Gasteiger partial charge in [0.1, 0.15) is 0 Å². The van der Waals surface area contributed by atoms with Crippen LogP contribution in [0.3, 0.4) is 0 Å². The predicted molar refractivity (Wildman–Crippen MR) is 91.8 cm³/mol. The van der Waals surface area contributed by atoms with E-state index in [9.17, 15) is 0 Å². The summed E-state index contributed by atoms with van der Waals surface area (Å²) in [4.78, 5) is 2.53. The van der Waals surface area contributed by atoms with Crippen LogP contribution in [0.4, 0.5) is 0 Å². The van der Waals surface area contributed by atoms with Gasteiger partial charge in [0.05, 0.1) is 6.61 Å². The van der Waals surface area contributed by atoms with Crippen LogP contribution in [-0.4, -0.2) is 50.3 Å². The van der Waals surface area contributed by atoms with Crippen LogP contribution in [0.15, 0.2) is 0 Å². The number of hydrogen-bond acceptors (Lipinski definition) is 3. The van der Waals surface area contributed by atoms with E-state index in [0.29, 0.717) is 17.5 Å². The number of rotatable bonds is 8. The van der Waals surface area contributed by atoms with Crippen molar-refractivity contribution in [2.75, 3.05) is 33.4 Å². The van der Waals surface area contributed by atoms with Gasteiger partial charge in [0.2, 0.25) is 0 Å². The molecule has 1 rings (SSSR count). The minimum absolute atomic E-state index is 0.425. The molecule has 3 nitrogen and oxygen atoms in total. The Bertz CT molecular complexity index is 275. The fourth-order valence-corrected chi connectivity index (χ4v) is 3.51. The summed E-state index contributed by atoms with van der Waals surface area (Å²) < 4.78 is 5.54. The molecule has 21 heavy (non-hydrogen) atoms. The molecule has 3 unspecified atom stereocenters. The fourth-order valence-electron chi connectivity index (χ4n) is 3.51. The third-order valence-electron chi connectivity index (χ3n) is 5.06. The molecule has 0 saturated heterocycles. The van der Waals surface area contributed by atoms with E-state index in [-0.39, 0.29) is 0 Å². The standard InChI is InChI=1S/C18H38N2O/c1-7-11-19-16-10-9-15(18(3,4)5)14-17(16)20(6)12-13-21-8-2/h15-17,19H,7-14H2,1-6H3. The molecule has 3 heteroatoms. The highest BCUT2D eigenvalue weighted by molar-refractivity contribution is 4.93. The lowest BCUT2D eigenvalue weighted by Gasteiger charge is -2.45. The molecule has 126 valence electrons. The Labute approximate surface area is 132 Å². The average Bonchev–Trinajstić information content (AvgIpc) is 2.44. The highest BCUT2D eigenvalue weighted by Gasteiger charge is 2.37. The molecule has 0 bridgehead atoms. The minimum atomic E-state index is 0.425. The van der Waals surface area contributed by atoms with E-state index in [1.54, 1.807) is 0 Å². The van der Waals surface area contributed by atoms with Gasteiger partial charge in [0.25, 0.3) is 0 Å². The first-order chi connectivity index (χ1) is 9.90. The maximum Gasteiger partial charge on any atom is 0.0593 e. The van der Waals surface area contributed by atoms with Gasteiger partial charge in [-0.1, -0.05) is 27.7 Å². The Kier molecular flexibility index (Phi) is 8.22. The summed E-state index contributed by atoms with van der Waals surface area (Å²) in [5.41, 5.74) is 0.425. The molecule has 0 amide bonds. The maximum absolute atomic E-state index is 5.54. The van der Waals surface area contributed by atoms with E-state index in [1.165, 1.54) is 25.7 Å². The molecule has 1 fully saturated rings. The number of likely N-dealkylation sites (N-methyl/N-ethyl adjacent to an activating group) is 1. The molecular formula is C18H38N2O. The molecule has 0 radical (unpaired) electrons. The molecule has 0 spiro atoms. The second-order valence-corrected chi connectivity index (χ2v) is 7.68. The van der Waals surface area contributed by atoms with Gasteiger partial charge in [-0.2, -0.15) is 0 Å². The van der Waals surface area contributed by atoms with Crippen LogP contribution in [0, 0.1) is 11.3 Å². The lowest BCUT2D eigenvalue weighted by atomic mass is 9.69. The zero-order chi connectivity index (χ0) is 15.9. The minimum Gasteiger partial charge on any atom is -0.380 e. The van der Waals surface area contributed by atoms with Crippen molar-refractivity contribution in [1.29, 1.82) is 0 Å². The van der Waals surface area contributed by atoms with Crippen LogP contribution < -0.4 is 5.32 Å². The first-order valence-corrected chi connectivity index (χ1v) is 8.91. The number of hydrogen-bond donors (Lipinski definition) is 1. The van der Waals surface area contributed by atoms with E-state index >= 15 is 0 Å². The summed E-state index contributed by atoms with van der Waals surface area (Å²) in [6.45, 7) is 15.4. The summed E-state index contributed by atoms with van der Waals surface area (Å²) in [6, 6.07) is 1.30. The summed E-state index contributed by atoms with van der Waals surface area (Å²) in [6.07, 6.45) is 5.20. The van der Waals surface area contributed by atoms with E-state index in [1.807, 2.05) is 0 Å². The smallest absolute Gasteiger partial charge is 0.0593 e. The molecule has 3 atom stereocenters. The number of nitrogens with zero attached hydrogens (tertiary/aromatic N) is 1. The Morgan fingerprint density at radius 1 is 1.19 bits per heavy atom. The van der Waals surface area contributed by atoms with Gasteiger partial charge in [-0.05, 0) is 57.5 Å². The Morgan fingerprint density at radius 3 is 2.48 bits per heavy atom. The third kappa shape index (κ3) is 6.25. The summed E-state index contributed by atoms with van der Waals surface area (Å²) in [7, 11) is 2.27. The van der Waals surface area contributed by atoms with E-state index in [2.05, 4.69) is 51.9 Å². The van der Waals surface area contributed by atoms with Crippen molar-refractivity contribution in [1.82, 2.24) is 10.2 Å². The number of nitrogens with one attached hydrogen (secondary N) is 1. The monoisotopic (exact) mass is 298 g/mol. The van der Waals surface area contributed by atoms with Crippen LogP contribution >= 0.6 is 0 Å². The zero-order valence-electron chi connectivity index (χ0n) is 15.2. The Morgan fingerprint density at radius 2 is 1.90 bits per heavy atom. The van der Waals surface area contributed by atoms with Crippen molar-refractivity contribution in [3.05, 3.63) is 0 Å². The topological polar surface area (TPSA) is 24.5 Å². The summed E-state index contributed by atoms with van der Waals surface area (Å²) >= 11 is 0. The highest BCUT2D eigenvalue weighted by Crippen LogP contribution is 2.39. The van der Waals surface area contributed by atoms with Gasteiger partial charge in [-0.25, -0.2) is 0 Å². The lowest BCUT2D eigenvalue weighted by molar-refractivity contribution is 0.0497. The highest BCUT2D eigenvalue weighted by atomic mass is 16.5. The molecule has 1 aliphatic carbocycles. The van der Waals surface area contributed by atoms with Crippen LogP contribution in [0.25, 0.3) is 0 Å². The van der Waals surface area contributed by atoms with Crippen molar-refractivity contribution in [3.8, 4) is 0 Å². The van der Waals surface area contributed by atoms with Gasteiger partial charge in [0.15, 0.2) is 0 Å². The first kappa shape index (κ1) is 18.9. The second kappa shape index (κ2) is 9.12. The summed E-state index contributed by atoms with van der Waals surface area (Å²) in [5, 5.41) is 3.78. The summed E-state index contributed by atoms with van der Waals surface area (Å²) in [5.74, 6) is 0.830. The van der Waals surface area contributed by atoms with Gasteiger partial charge >= 0.3 is 0 Å². The largest absolute Gasteiger partial charge is 0.380 e. The van der Waals surface area contributed by atoms with E-state index < -0.39 is 0 Å². The third-order valence-corrected chi connectivity index (χ3v) is 5.06. The molecule has 0 aromatic carbocycles. The van der Waals surface area contributed by atoms with E-state index in [4.69, 9.17) is 4.74 Å². The van der Waals surface area contributed by atoms with Crippen LogP contribution in [0.2, 0.25) is 0 Å². The molecule has 1 N–H and O–H groups in total. The van der Waals surface area contributed by atoms with Crippen molar-refractivity contribution in [2.24, 2.45) is 11.3 Å². The quantitative estimate of drug-likeness (QED) is 0.694. The van der Waals surface area contributed by atoms with Crippen LogP contribution in [0.1, 0.15) is 60.3 Å². The van der Waals surface area contributed by atoms with E-state index in [0.717, 1.165) is 32.2 Å². The molecule has 0 aromatic rings. The second-order valence-electron chi connectivity index (χ2n) is 7.68. The predicted octanol–water partition coefficient (Wildman–Crippen LogP) is 3.54. The average molecular weight is 299 g/mol. The molecule has 0 aliphatic heterocycles. The van der Waals surface area contributed by atoms with Crippen LogP contribution in [-0.2, 0) is 4.74 Å². The Hall–Kier alpha value is -0.120.